The number of carbonyl (C=O) groups excluding carboxylic acids is 2. The van der Waals surface area contributed by atoms with E-state index in [1.807, 2.05) is 20.8 Å². The molecule has 2 aliphatic rings. The predicted octanol–water partition coefficient (Wildman–Crippen LogP) is 0.664. The fourth-order valence-corrected chi connectivity index (χ4v) is 2.80. The number of Topliss-reactive ketones (excluding diaryl/α,β-unsaturated/α-hetero) is 2. The summed E-state index contributed by atoms with van der Waals surface area (Å²) in [5.41, 5.74) is -0.448. The first-order valence-electron chi connectivity index (χ1n) is 4.50. The van der Waals surface area contributed by atoms with E-state index in [4.69, 9.17) is 0 Å². The van der Waals surface area contributed by atoms with Crippen molar-refractivity contribution in [1.82, 2.24) is 0 Å². The van der Waals surface area contributed by atoms with Crippen molar-refractivity contribution in [2.45, 2.75) is 33.6 Å². The Balaban J connectivity index is 0.000000845. The molecule has 13 heavy (non-hydrogen) atoms. The van der Waals surface area contributed by atoms with Gasteiger partial charge in [-0.3, -0.25) is 9.59 Å². The first-order chi connectivity index (χ1) is 5.41. The summed E-state index contributed by atoms with van der Waals surface area (Å²) >= 11 is 0. The fourth-order valence-electron chi connectivity index (χ4n) is 2.80. The normalized spacial score (nSPS) is 40.7. The average molecular weight is 375 g/mol. The SMILES string of the molecule is CC12CCC(C(=O)C1=O)C2(C)C.[PbH2]. The minimum atomic E-state index is -0.352. The van der Waals surface area contributed by atoms with Crippen LogP contribution in [0.1, 0.15) is 33.6 Å². The standard InChI is InChI=1S/C10H14O2.Pb.2H/c1-9(2)6-4-5-10(9,3)8(12)7(6)11;;;/h6H,4-5H2,1-3H3;;;. The van der Waals surface area contributed by atoms with Crippen LogP contribution in [0.25, 0.3) is 0 Å². The molecular weight excluding hydrogens is 359 g/mol. The molecule has 2 radical (unpaired) electrons. The van der Waals surface area contributed by atoms with Gasteiger partial charge in [-0.05, 0) is 18.3 Å². The van der Waals surface area contributed by atoms with Crippen LogP contribution in [-0.4, -0.2) is 38.9 Å². The van der Waals surface area contributed by atoms with E-state index in [0.717, 1.165) is 12.8 Å². The zero-order valence-corrected chi connectivity index (χ0v) is 14.0. The van der Waals surface area contributed by atoms with E-state index >= 15 is 0 Å². The van der Waals surface area contributed by atoms with E-state index in [1.165, 1.54) is 0 Å². The molecule has 2 atom stereocenters. The summed E-state index contributed by atoms with van der Waals surface area (Å²) in [4.78, 5) is 23.0. The molecule has 72 valence electrons. The Morgan fingerprint density at radius 2 is 1.77 bits per heavy atom. The van der Waals surface area contributed by atoms with E-state index in [0.29, 0.717) is 0 Å². The third-order valence-electron chi connectivity index (χ3n) is 4.27. The molecule has 0 N–H and O–H groups in total. The predicted molar refractivity (Wildman–Crippen MR) is 53.2 cm³/mol. The van der Waals surface area contributed by atoms with E-state index < -0.39 is 0 Å². The van der Waals surface area contributed by atoms with Crippen molar-refractivity contribution in [3.8, 4) is 0 Å². The molecule has 2 nitrogen and oxygen atoms in total. The molecular formula is C10H16O2Pb. The molecule has 0 aromatic rings. The van der Waals surface area contributed by atoms with Gasteiger partial charge in [-0.1, -0.05) is 20.8 Å². The van der Waals surface area contributed by atoms with Crippen molar-refractivity contribution in [1.29, 1.82) is 0 Å². The molecule has 2 bridgehead atoms. The fraction of sp³-hybridized carbons (Fsp3) is 0.800. The van der Waals surface area contributed by atoms with Crippen molar-refractivity contribution in [3.05, 3.63) is 0 Å². The number of hydrogen-bond acceptors (Lipinski definition) is 2. The molecule has 2 unspecified atom stereocenters. The summed E-state index contributed by atoms with van der Waals surface area (Å²) in [6, 6.07) is 0. The molecule has 0 heterocycles. The molecule has 2 aliphatic carbocycles. The van der Waals surface area contributed by atoms with Gasteiger partial charge in [0.15, 0.2) is 0 Å². The number of ketones is 2. The summed E-state index contributed by atoms with van der Waals surface area (Å²) in [5, 5.41) is 0. The van der Waals surface area contributed by atoms with Crippen LogP contribution < -0.4 is 0 Å². The van der Waals surface area contributed by atoms with Crippen LogP contribution in [0.15, 0.2) is 0 Å². The second-order valence-corrected chi connectivity index (χ2v) is 4.84. The van der Waals surface area contributed by atoms with Gasteiger partial charge in [-0.25, -0.2) is 0 Å². The van der Waals surface area contributed by atoms with Gasteiger partial charge in [0.05, 0.1) is 0 Å². The van der Waals surface area contributed by atoms with Crippen molar-refractivity contribution in [3.63, 3.8) is 0 Å². The van der Waals surface area contributed by atoms with Gasteiger partial charge in [-0.15, -0.1) is 0 Å². The van der Waals surface area contributed by atoms with Gasteiger partial charge in [0.1, 0.15) is 0 Å². The molecule has 0 amide bonds. The van der Waals surface area contributed by atoms with Gasteiger partial charge in [-0.2, -0.15) is 0 Å². The number of hydrogen-bond donors (Lipinski definition) is 0. The van der Waals surface area contributed by atoms with Crippen molar-refractivity contribution in [2.24, 2.45) is 16.7 Å². The van der Waals surface area contributed by atoms with Crippen molar-refractivity contribution >= 4 is 38.9 Å². The molecule has 0 saturated heterocycles. The Bertz CT molecular complexity index is 283. The Morgan fingerprint density at radius 1 is 1.23 bits per heavy atom. The van der Waals surface area contributed by atoms with Crippen LogP contribution in [-0.2, 0) is 9.59 Å². The van der Waals surface area contributed by atoms with Crippen molar-refractivity contribution < 1.29 is 9.59 Å². The van der Waals surface area contributed by atoms with Crippen LogP contribution >= 0.6 is 0 Å². The first-order valence-corrected chi connectivity index (χ1v) is 4.50. The summed E-state index contributed by atoms with van der Waals surface area (Å²) in [6.45, 7) is 6.04. The van der Waals surface area contributed by atoms with Gasteiger partial charge in [0.2, 0.25) is 11.6 Å². The third kappa shape index (κ3) is 1.04. The zero-order valence-electron chi connectivity index (χ0n) is 8.52. The second kappa shape index (κ2) is 2.87. The van der Waals surface area contributed by atoms with Crippen molar-refractivity contribution in [2.75, 3.05) is 0 Å². The Hall–Kier alpha value is 0.262. The number of carbonyl (C=O) groups is 2. The maximum atomic E-state index is 11.6. The molecule has 3 heteroatoms. The number of rotatable bonds is 0. The molecule has 0 spiro atoms. The first kappa shape index (κ1) is 11.3. The molecule has 2 saturated carbocycles. The quantitative estimate of drug-likeness (QED) is 0.461. The molecule has 0 aliphatic heterocycles. The number of fused-ring (bicyclic) bond motifs is 2. The second-order valence-electron chi connectivity index (χ2n) is 4.84. The third-order valence-corrected chi connectivity index (χ3v) is 4.27. The molecule has 2 rings (SSSR count). The summed E-state index contributed by atoms with van der Waals surface area (Å²) in [7, 11) is 0. The minimum absolute atomic E-state index is 0. The molecule has 0 aromatic carbocycles. The Kier molecular flexibility index (Phi) is 2.51. The Labute approximate surface area is 98.6 Å². The van der Waals surface area contributed by atoms with E-state index in [-0.39, 0.29) is 55.6 Å². The van der Waals surface area contributed by atoms with E-state index in [2.05, 4.69) is 0 Å². The van der Waals surface area contributed by atoms with Crippen LogP contribution in [0.2, 0.25) is 0 Å². The molecule has 2 fully saturated rings. The Morgan fingerprint density at radius 3 is 2.00 bits per heavy atom. The summed E-state index contributed by atoms with van der Waals surface area (Å²) in [5.74, 6) is -0.229. The van der Waals surface area contributed by atoms with E-state index in [9.17, 15) is 9.59 Å². The summed E-state index contributed by atoms with van der Waals surface area (Å²) in [6.07, 6.45) is 1.81. The van der Waals surface area contributed by atoms with Gasteiger partial charge in [0, 0.05) is 11.3 Å². The van der Waals surface area contributed by atoms with Crippen LogP contribution in [0.4, 0.5) is 0 Å². The van der Waals surface area contributed by atoms with Gasteiger partial charge >= 0.3 is 27.3 Å². The van der Waals surface area contributed by atoms with Crippen LogP contribution in [0, 0.1) is 16.7 Å². The zero-order chi connectivity index (χ0) is 9.15. The maximum absolute atomic E-state index is 11.6. The van der Waals surface area contributed by atoms with Gasteiger partial charge < -0.3 is 0 Å². The molecule has 0 aromatic heterocycles. The van der Waals surface area contributed by atoms with E-state index in [1.54, 1.807) is 0 Å². The van der Waals surface area contributed by atoms with Crippen LogP contribution in [0.5, 0.6) is 0 Å². The monoisotopic (exact) mass is 376 g/mol. The van der Waals surface area contributed by atoms with Crippen LogP contribution in [0.3, 0.4) is 0 Å². The van der Waals surface area contributed by atoms with Gasteiger partial charge in [0.25, 0.3) is 0 Å². The average Bonchev–Trinajstić information content (AvgIpc) is 2.26. The summed E-state index contributed by atoms with van der Waals surface area (Å²) < 4.78 is 0. The topological polar surface area (TPSA) is 34.1 Å².